The van der Waals surface area contributed by atoms with E-state index in [1.165, 1.54) is 0 Å². The number of aromatic nitrogens is 2. The lowest BCUT2D eigenvalue weighted by Crippen LogP contribution is -2.25. The molecule has 108 valence electrons. The molecular weight excluding hydrogens is 274 g/mol. The molecule has 0 bridgehead atoms. The van der Waals surface area contributed by atoms with E-state index in [-0.39, 0.29) is 18.2 Å². The van der Waals surface area contributed by atoms with Crippen LogP contribution in [0.25, 0.3) is 0 Å². The molecule has 0 aliphatic carbocycles. The molecule has 2 atom stereocenters. The Balaban J connectivity index is 2.39. The van der Waals surface area contributed by atoms with Gasteiger partial charge in [-0.1, -0.05) is 41.9 Å². The molecule has 5 heteroatoms. The number of halogens is 1. The zero-order valence-corrected chi connectivity index (χ0v) is 12.7. The van der Waals surface area contributed by atoms with Crippen LogP contribution in [0.4, 0.5) is 0 Å². The maximum Gasteiger partial charge on any atom is 0.103 e. The fraction of sp³-hybridized carbons (Fsp3) is 0.400. The third-order valence-electron chi connectivity index (χ3n) is 3.30. The quantitative estimate of drug-likeness (QED) is 0.918. The second kappa shape index (κ2) is 6.39. The van der Waals surface area contributed by atoms with Crippen molar-refractivity contribution in [3.05, 3.63) is 52.8 Å². The van der Waals surface area contributed by atoms with Crippen LogP contribution in [0, 0.1) is 0 Å². The number of rotatable bonds is 5. The van der Waals surface area contributed by atoms with Crippen molar-refractivity contribution < 1.29 is 4.74 Å². The molecule has 2 unspecified atom stereocenters. The molecule has 20 heavy (non-hydrogen) atoms. The molecule has 0 radical (unpaired) electrons. The topological polar surface area (TPSA) is 53.1 Å². The highest BCUT2D eigenvalue weighted by Gasteiger charge is 2.27. The summed E-state index contributed by atoms with van der Waals surface area (Å²) in [4.78, 5) is 0. The predicted octanol–water partition coefficient (Wildman–Crippen LogP) is 3.50. The second-order valence-corrected chi connectivity index (χ2v) is 5.42. The first-order valence-corrected chi connectivity index (χ1v) is 7.00. The fourth-order valence-electron chi connectivity index (χ4n) is 2.35. The maximum atomic E-state index is 6.40. The molecular formula is C15H20ClN3O. The normalized spacial score (nSPS) is 14.5. The summed E-state index contributed by atoms with van der Waals surface area (Å²) in [5.74, 6) is 0. The number of nitrogens with two attached hydrogens (primary N) is 1. The first kappa shape index (κ1) is 15.0. The van der Waals surface area contributed by atoms with Gasteiger partial charge in [-0.15, -0.1) is 0 Å². The Bertz CT molecular complexity index is 554. The first-order chi connectivity index (χ1) is 9.56. The van der Waals surface area contributed by atoms with E-state index >= 15 is 0 Å². The Morgan fingerprint density at radius 1 is 1.25 bits per heavy atom. The molecule has 0 spiro atoms. The van der Waals surface area contributed by atoms with Crippen LogP contribution in [0.3, 0.4) is 0 Å². The molecule has 1 aromatic carbocycles. The van der Waals surface area contributed by atoms with Crippen LogP contribution in [0.15, 0.2) is 36.5 Å². The van der Waals surface area contributed by atoms with Crippen LogP contribution in [0.2, 0.25) is 5.02 Å². The zero-order chi connectivity index (χ0) is 14.7. The van der Waals surface area contributed by atoms with Gasteiger partial charge >= 0.3 is 0 Å². The Morgan fingerprint density at radius 3 is 2.45 bits per heavy atom. The van der Waals surface area contributed by atoms with Gasteiger partial charge in [0.2, 0.25) is 0 Å². The molecule has 0 saturated heterocycles. The van der Waals surface area contributed by atoms with Crippen molar-refractivity contribution in [2.45, 2.75) is 32.0 Å². The number of hydrogen-bond donors (Lipinski definition) is 1. The first-order valence-electron chi connectivity index (χ1n) is 6.62. The van der Waals surface area contributed by atoms with Gasteiger partial charge in [0.25, 0.3) is 0 Å². The number of benzene rings is 1. The van der Waals surface area contributed by atoms with Gasteiger partial charge in [-0.25, -0.2) is 0 Å². The summed E-state index contributed by atoms with van der Waals surface area (Å²) in [6, 6.07) is 9.71. The molecule has 0 aliphatic rings. The van der Waals surface area contributed by atoms with Gasteiger partial charge in [-0.3, -0.25) is 4.68 Å². The van der Waals surface area contributed by atoms with Crippen LogP contribution in [-0.2, 0) is 4.74 Å². The van der Waals surface area contributed by atoms with Gasteiger partial charge in [0.15, 0.2) is 0 Å². The maximum absolute atomic E-state index is 6.40. The van der Waals surface area contributed by atoms with Crippen LogP contribution in [0.5, 0.6) is 0 Å². The molecule has 0 amide bonds. The van der Waals surface area contributed by atoms with Crippen molar-refractivity contribution >= 4 is 11.6 Å². The van der Waals surface area contributed by atoms with Gasteiger partial charge in [0.05, 0.1) is 23.0 Å². The van der Waals surface area contributed by atoms with Gasteiger partial charge in [0.1, 0.15) is 6.10 Å². The Morgan fingerprint density at radius 2 is 1.90 bits per heavy atom. The summed E-state index contributed by atoms with van der Waals surface area (Å²) in [6.45, 7) is 4.09. The van der Waals surface area contributed by atoms with Gasteiger partial charge in [-0.05, 0) is 19.4 Å². The van der Waals surface area contributed by atoms with Gasteiger partial charge in [-0.2, -0.15) is 5.10 Å². The van der Waals surface area contributed by atoms with Gasteiger partial charge < -0.3 is 10.5 Å². The van der Waals surface area contributed by atoms with E-state index in [4.69, 9.17) is 22.1 Å². The van der Waals surface area contributed by atoms with Crippen LogP contribution in [-0.4, -0.2) is 16.9 Å². The summed E-state index contributed by atoms with van der Waals surface area (Å²) < 4.78 is 7.44. The summed E-state index contributed by atoms with van der Waals surface area (Å²) >= 11 is 6.25. The van der Waals surface area contributed by atoms with Crippen molar-refractivity contribution in [3.8, 4) is 0 Å². The zero-order valence-electron chi connectivity index (χ0n) is 12.0. The number of hydrogen-bond acceptors (Lipinski definition) is 3. The van der Waals surface area contributed by atoms with E-state index in [1.54, 1.807) is 13.3 Å². The Kier molecular flexibility index (Phi) is 4.81. The van der Waals surface area contributed by atoms with E-state index < -0.39 is 0 Å². The SMILES string of the molecule is COC(c1ccccc1)C(N)c1c(Cl)cnn1C(C)C. The Labute approximate surface area is 124 Å². The highest BCUT2D eigenvalue weighted by Crippen LogP contribution is 2.34. The van der Waals surface area contributed by atoms with Crippen LogP contribution >= 0.6 is 11.6 Å². The molecule has 1 aromatic heterocycles. The molecule has 2 rings (SSSR count). The van der Waals surface area contributed by atoms with E-state index in [1.807, 2.05) is 48.9 Å². The van der Waals surface area contributed by atoms with Crippen LogP contribution < -0.4 is 5.73 Å². The van der Waals surface area contributed by atoms with Crippen molar-refractivity contribution in [1.82, 2.24) is 9.78 Å². The number of ether oxygens (including phenoxy) is 1. The minimum Gasteiger partial charge on any atom is -0.375 e. The molecule has 1 heterocycles. The highest BCUT2D eigenvalue weighted by atomic mass is 35.5. The lowest BCUT2D eigenvalue weighted by atomic mass is 10.00. The van der Waals surface area contributed by atoms with Crippen molar-refractivity contribution in [2.24, 2.45) is 5.73 Å². The summed E-state index contributed by atoms with van der Waals surface area (Å²) in [7, 11) is 1.65. The highest BCUT2D eigenvalue weighted by molar-refractivity contribution is 6.31. The molecule has 2 N–H and O–H groups in total. The standard InChI is InChI=1S/C15H20ClN3O/c1-10(2)19-14(12(16)9-18-19)13(17)15(20-3)11-7-5-4-6-8-11/h4-10,13,15H,17H2,1-3H3. The van der Waals surface area contributed by atoms with E-state index in [9.17, 15) is 0 Å². The molecule has 2 aromatic rings. The third kappa shape index (κ3) is 2.87. The summed E-state index contributed by atoms with van der Waals surface area (Å²) in [5.41, 5.74) is 8.22. The molecule has 4 nitrogen and oxygen atoms in total. The summed E-state index contributed by atoms with van der Waals surface area (Å²) in [6.07, 6.45) is 1.37. The predicted molar refractivity (Wildman–Crippen MR) is 80.7 cm³/mol. The van der Waals surface area contributed by atoms with Gasteiger partial charge in [0, 0.05) is 13.2 Å². The van der Waals surface area contributed by atoms with E-state index in [2.05, 4.69) is 5.10 Å². The summed E-state index contributed by atoms with van der Waals surface area (Å²) in [5, 5.41) is 4.87. The van der Waals surface area contributed by atoms with Crippen molar-refractivity contribution in [2.75, 3.05) is 7.11 Å². The monoisotopic (exact) mass is 293 g/mol. The molecule has 0 saturated carbocycles. The average Bonchev–Trinajstić information content (AvgIpc) is 2.82. The minimum absolute atomic E-state index is 0.192. The lowest BCUT2D eigenvalue weighted by molar-refractivity contribution is 0.0771. The largest absolute Gasteiger partial charge is 0.375 e. The number of methoxy groups -OCH3 is 1. The van der Waals surface area contributed by atoms with E-state index in [0.29, 0.717) is 5.02 Å². The van der Waals surface area contributed by atoms with Crippen LogP contribution in [0.1, 0.15) is 43.3 Å². The average molecular weight is 294 g/mol. The number of nitrogens with zero attached hydrogens (tertiary/aromatic N) is 2. The smallest absolute Gasteiger partial charge is 0.103 e. The Hall–Kier alpha value is -1.36. The second-order valence-electron chi connectivity index (χ2n) is 5.01. The minimum atomic E-state index is -0.375. The fourth-order valence-corrected chi connectivity index (χ4v) is 2.61. The van der Waals surface area contributed by atoms with E-state index in [0.717, 1.165) is 11.3 Å². The molecule has 0 fully saturated rings. The molecule has 0 aliphatic heterocycles. The van der Waals surface area contributed by atoms with Crippen molar-refractivity contribution in [1.29, 1.82) is 0 Å². The lowest BCUT2D eigenvalue weighted by Gasteiger charge is -2.25. The third-order valence-corrected chi connectivity index (χ3v) is 3.59. The van der Waals surface area contributed by atoms with Crippen molar-refractivity contribution in [3.63, 3.8) is 0 Å².